The smallest absolute Gasteiger partial charge is 0.200 e. The summed E-state index contributed by atoms with van der Waals surface area (Å²) in [5.41, 5.74) is 0. The minimum Gasteiger partial charge on any atom is -0.200 e. The predicted molar refractivity (Wildman–Crippen MR) is 82.6 cm³/mol. The van der Waals surface area contributed by atoms with Crippen LogP contribution in [0, 0.1) is 0 Å². The van der Waals surface area contributed by atoms with E-state index in [4.69, 9.17) is 0 Å². The van der Waals surface area contributed by atoms with Gasteiger partial charge in [0.2, 0.25) is 0 Å². The Morgan fingerprint density at radius 3 is 1.15 bits per heavy atom. The molecule has 0 aromatic heterocycles. The third-order valence-corrected chi connectivity index (χ3v) is 7.60. The molecule has 0 aromatic rings. The Morgan fingerprint density at radius 1 is 0.545 bits per heavy atom. The van der Waals surface area contributed by atoms with Crippen LogP contribution in [-0.2, 0) is 0 Å². The summed E-state index contributed by atoms with van der Waals surface area (Å²) in [5, 5.41) is 0. The molecule has 0 saturated carbocycles. The second kappa shape index (κ2) is 8.46. The lowest BCUT2D eigenvalue weighted by Crippen LogP contribution is -2.74. The molecule has 198 valence electrons. The Bertz CT molecular complexity index is 704. The van der Waals surface area contributed by atoms with Crippen LogP contribution in [0.4, 0.5) is 74.6 Å². The first-order valence-electron chi connectivity index (χ1n) is 8.34. The van der Waals surface area contributed by atoms with Gasteiger partial charge in [0.25, 0.3) is 0 Å². The summed E-state index contributed by atoms with van der Waals surface area (Å²) < 4.78 is 224. The van der Waals surface area contributed by atoms with Gasteiger partial charge in [0.05, 0.1) is 8.07 Å². The zero-order valence-corrected chi connectivity index (χ0v) is 17.3. The van der Waals surface area contributed by atoms with Crippen molar-refractivity contribution < 1.29 is 74.6 Å². The van der Waals surface area contributed by atoms with E-state index < -0.39 is 68.2 Å². The fraction of sp³-hybridized carbons (Fsp3) is 0.867. The molecule has 0 aliphatic carbocycles. The average Bonchev–Trinajstić information content (AvgIpc) is 2.58. The molecule has 0 nitrogen and oxygen atoms in total. The zero-order chi connectivity index (χ0) is 27.3. The van der Waals surface area contributed by atoms with Crippen LogP contribution in [0.2, 0.25) is 25.2 Å². The number of allylic oxidation sites excluding steroid dienone is 1. The molecule has 0 aliphatic rings. The maximum atomic E-state index is 13.8. The van der Waals surface area contributed by atoms with E-state index in [2.05, 4.69) is 6.58 Å². The van der Waals surface area contributed by atoms with Gasteiger partial charge in [-0.05, 0) is 6.04 Å². The van der Waals surface area contributed by atoms with E-state index in [-0.39, 0.29) is 6.04 Å². The average molecular weight is 546 g/mol. The molecule has 0 atom stereocenters. The Balaban J connectivity index is 6.50. The van der Waals surface area contributed by atoms with Gasteiger partial charge in [-0.25, -0.2) is 0 Å². The van der Waals surface area contributed by atoms with Crippen molar-refractivity contribution in [1.29, 1.82) is 0 Å². The van der Waals surface area contributed by atoms with Crippen LogP contribution < -0.4 is 0 Å². The Hall–Kier alpha value is -1.23. The number of hydrogen-bond acceptors (Lipinski definition) is 0. The van der Waals surface area contributed by atoms with E-state index >= 15 is 0 Å². The number of hydrogen-bond donors (Lipinski definition) is 0. The molecule has 0 heterocycles. The second-order valence-electron chi connectivity index (χ2n) is 7.81. The lowest BCUT2D eigenvalue weighted by atomic mass is 9.88. The van der Waals surface area contributed by atoms with Crippen LogP contribution in [0.25, 0.3) is 0 Å². The minimum absolute atomic E-state index is 0.0992. The van der Waals surface area contributed by atoms with E-state index in [0.717, 1.165) is 6.08 Å². The summed E-state index contributed by atoms with van der Waals surface area (Å²) in [7, 11) is -2.97. The van der Waals surface area contributed by atoms with Crippen LogP contribution in [0.1, 0.15) is 6.42 Å². The van der Waals surface area contributed by atoms with Gasteiger partial charge in [-0.2, -0.15) is 74.6 Å². The molecule has 0 radical (unpaired) electrons. The van der Waals surface area contributed by atoms with Crippen molar-refractivity contribution in [2.75, 3.05) is 0 Å². The third-order valence-electron chi connectivity index (χ3n) is 4.60. The molecule has 0 N–H and O–H groups in total. The van der Waals surface area contributed by atoms with Crippen molar-refractivity contribution >= 4 is 8.07 Å². The highest BCUT2D eigenvalue weighted by molar-refractivity contribution is 6.77. The molecule has 0 rings (SSSR count). The Labute approximate surface area is 175 Å². The predicted octanol–water partition coefficient (Wildman–Crippen LogP) is 8.28. The summed E-state index contributed by atoms with van der Waals surface area (Å²) in [6.07, 6.45) is -9.01. The molecule has 0 aromatic carbocycles. The lowest BCUT2D eigenvalue weighted by molar-refractivity contribution is -0.461. The van der Waals surface area contributed by atoms with Crippen molar-refractivity contribution in [3.8, 4) is 0 Å². The number of halogens is 17. The van der Waals surface area contributed by atoms with Gasteiger partial charge in [-0.15, -0.1) is 6.58 Å². The fourth-order valence-corrected chi connectivity index (χ4v) is 4.32. The van der Waals surface area contributed by atoms with Crippen molar-refractivity contribution in [3.63, 3.8) is 0 Å². The normalized spacial score (nSPS) is 16.2. The number of rotatable bonds is 11. The maximum absolute atomic E-state index is 13.8. The third kappa shape index (κ3) is 4.81. The van der Waals surface area contributed by atoms with Gasteiger partial charge < -0.3 is 0 Å². The molecule has 0 unspecified atom stereocenters. The van der Waals surface area contributed by atoms with Crippen molar-refractivity contribution in [2.45, 2.75) is 79.2 Å². The van der Waals surface area contributed by atoms with Crippen LogP contribution in [0.3, 0.4) is 0 Å². The summed E-state index contributed by atoms with van der Waals surface area (Å²) in [5.74, 6) is -55.8. The van der Waals surface area contributed by atoms with E-state index in [1.54, 1.807) is 0 Å². The SMILES string of the molecule is C=CC[Si](C)(C)CCC(F)(F)C(F)(F)C(F)(F)C(F)(F)C(F)(F)C(F)(F)C(F)(F)C(F)(F)F. The van der Waals surface area contributed by atoms with Crippen molar-refractivity contribution in [1.82, 2.24) is 0 Å². The first kappa shape index (κ1) is 31.8. The van der Waals surface area contributed by atoms with E-state index in [1.807, 2.05) is 0 Å². The summed E-state index contributed by atoms with van der Waals surface area (Å²) >= 11 is 0. The summed E-state index contributed by atoms with van der Waals surface area (Å²) in [4.78, 5) is 0. The molecular weight excluding hydrogens is 531 g/mol. The van der Waals surface area contributed by atoms with Crippen LogP contribution >= 0.6 is 0 Å². The highest BCUT2D eigenvalue weighted by Gasteiger charge is 2.95. The molecule has 0 amide bonds. The quantitative estimate of drug-likeness (QED) is 0.139. The van der Waals surface area contributed by atoms with Crippen molar-refractivity contribution in [2.24, 2.45) is 0 Å². The van der Waals surface area contributed by atoms with Crippen molar-refractivity contribution in [3.05, 3.63) is 12.7 Å². The van der Waals surface area contributed by atoms with Gasteiger partial charge >= 0.3 is 47.6 Å². The Kier molecular flexibility index (Phi) is 8.14. The molecule has 0 aliphatic heterocycles. The van der Waals surface area contributed by atoms with E-state index in [0.29, 0.717) is 0 Å². The molecular formula is C15H15F17Si. The van der Waals surface area contributed by atoms with Crippen LogP contribution in [0.15, 0.2) is 12.7 Å². The summed E-state index contributed by atoms with van der Waals surface area (Å²) in [6, 6.07) is -1.14. The molecule has 18 heteroatoms. The molecule has 33 heavy (non-hydrogen) atoms. The molecule has 0 saturated heterocycles. The molecule has 0 spiro atoms. The van der Waals surface area contributed by atoms with Gasteiger partial charge in [0.15, 0.2) is 0 Å². The zero-order valence-electron chi connectivity index (χ0n) is 16.3. The first-order chi connectivity index (χ1) is 14.0. The topological polar surface area (TPSA) is 0 Å². The highest BCUT2D eigenvalue weighted by Crippen LogP contribution is 2.64. The van der Waals surface area contributed by atoms with Crippen LogP contribution in [-0.4, -0.2) is 55.7 Å². The first-order valence-corrected chi connectivity index (χ1v) is 11.8. The highest BCUT2D eigenvalue weighted by atomic mass is 28.3. The number of alkyl halides is 17. The van der Waals surface area contributed by atoms with E-state index in [1.165, 1.54) is 13.1 Å². The monoisotopic (exact) mass is 546 g/mol. The minimum atomic E-state index is -8.58. The van der Waals surface area contributed by atoms with Gasteiger partial charge in [-0.3, -0.25) is 0 Å². The maximum Gasteiger partial charge on any atom is 0.460 e. The molecule has 0 bridgehead atoms. The van der Waals surface area contributed by atoms with Gasteiger partial charge in [0.1, 0.15) is 0 Å². The van der Waals surface area contributed by atoms with Gasteiger partial charge in [-0.1, -0.05) is 25.2 Å². The summed E-state index contributed by atoms with van der Waals surface area (Å²) in [6.45, 7) is 5.61. The molecule has 0 fully saturated rings. The lowest BCUT2D eigenvalue weighted by Gasteiger charge is -2.43. The van der Waals surface area contributed by atoms with Crippen LogP contribution in [0.5, 0.6) is 0 Å². The Morgan fingerprint density at radius 2 is 0.848 bits per heavy atom. The fourth-order valence-electron chi connectivity index (χ4n) is 2.34. The largest absolute Gasteiger partial charge is 0.460 e. The van der Waals surface area contributed by atoms with Gasteiger partial charge in [0, 0.05) is 6.42 Å². The van der Waals surface area contributed by atoms with E-state index in [9.17, 15) is 74.6 Å². The standard InChI is InChI=1S/C15H15F17Si/c1-4-6-33(2,3)7-5-8(16,17)9(18,19)10(20,21)11(22,23)12(24,25)13(26,27)14(28,29)15(30,31)32/h4H,1,5-7H2,2-3H3. The second-order valence-corrected chi connectivity index (χ2v) is 13.0.